The summed E-state index contributed by atoms with van der Waals surface area (Å²) in [6, 6.07) is 13.6. The van der Waals surface area contributed by atoms with Gasteiger partial charge in [-0.15, -0.1) is 0 Å². The number of halogens is 1. The topological polar surface area (TPSA) is 74.0 Å². The molecule has 25 heavy (non-hydrogen) atoms. The van der Waals surface area contributed by atoms with Crippen LogP contribution >= 0.6 is 0 Å². The van der Waals surface area contributed by atoms with Gasteiger partial charge in [-0.25, -0.2) is 4.39 Å². The third-order valence-corrected chi connectivity index (χ3v) is 3.92. The minimum Gasteiger partial charge on any atom is -0.361 e. The second-order valence-corrected chi connectivity index (χ2v) is 5.62. The molecule has 0 saturated heterocycles. The molecule has 128 valence electrons. The molecule has 2 aromatic carbocycles. The van der Waals surface area contributed by atoms with Crippen molar-refractivity contribution in [2.75, 3.05) is 13.1 Å². The van der Waals surface area contributed by atoms with Gasteiger partial charge in [-0.1, -0.05) is 30.3 Å². The van der Waals surface area contributed by atoms with E-state index in [1.54, 1.807) is 6.07 Å². The smallest absolute Gasteiger partial charge is 0.254 e. The molecule has 0 aliphatic carbocycles. The number of carbonyl (C=O) groups is 2. The van der Waals surface area contributed by atoms with Gasteiger partial charge in [-0.2, -0.15) is 0 Å². The van der Waals surface area contributed by atoms with Crippen LogP contribution in [0.5, 0.6) is 0 Å². The fraction of sp³-hybridized carbons (Fsp3) is 0.158. The number of hydrogen-bond acceptors (Lipinski definition) is 2. The first-order chi connectivity index (χ1) is 12.1. The fourth-order valence-electron chi connectivity index (χ4n) is 2.64. The Morgan fingerprint density at radius 1 is 1.00 bits per heavy atom. The number of aromatic nitrogens is 1. The monoisotopic (exact) mass is 339 g/mol. The predicted molar refractivity (Wildman–Crippen MR) is 93.7 cm³/mol. The molecule has 1 heterocycles. The summed E-state index contributed by atoms with van der Waals surface area (Å²) in [7, 11) is 0. The van der Waals surface area contributed by atoms with Gasteiger partial charge in [-0.05, 0) is 30.2 Å². The summed E-state index contributed by atoms with van der Waals surface area (Å²) in [5.41, 5.74) is 2.10. The molecule has 0 saturated carbocycles. The van der Waals surface area contributed by atoms with Crippen LogP contribution in [0.3, 0.4) is 0 Å². The average Bonchev–Trinajstić information content (AvgIpc) is 3.03. The Morgan fingerprint density at radius 2 is 1.76 bits per heavy atom. The molecular formula is C19H18FN3O2. The van der Waals surface area contributed by atoms with Crippen LogP contribution in [0.15, 0.2) is 54.7 Å². The summed E-state index contributed by atoms with van der Waals surface area (Å²) in [4.78, 5) is 26.9. The Kier molecular flexibility index (Phi) is 5.09. The van der Waals surface area contributed by atoms with Gasteiger partial charge in [0.25, 0.3) is 5.91 Å². The SMILES string of the molecule is O=C(CNC(=O)c1ccccc1F)NCCc1c[nH]c2ccccc12. The molecule has 0 bridgehead atoms. The van der Waals surface area contributed by atoms with Gasteiger partial charge in [0.2, 0.25) is 5.91 Å². The number of hydrogen-bond donors (Lipinski definition) is 3. The van der Waals surface area contributed by atoms with Crippen molar-refractivity contribution in [3.8, 4) is 0 Å². The van der Waals surface area contributed by atoms with E-state index in [0.29, 0.717) is 13.0 Å². The van der Waals surface area contributed by atoms with Crippen molar-refractivity contribution in [1.29, 1.82) is 0 Å². The first kappa shape index (κ1) is 16.7. The highest BCUT2D eigenvalue weighted by Crippen LogP contribution is 2.17. The predicted octanol–water partition coefficient (Wildman–Crippen LogP) is 2.40. The largest absolute Gasteiger partial charge is 0.361 e. The summed E-state index contributed by atoms with van der Waals surface area (Å²) >= 11 is 0. The van der Waals surface area contributed by atoms with Crippen LogP contribution in [0.2, 0.25) is 0 Å². The molecule has 1 aromatic heterocycles. The van der Waals surface area contributed by atoms with E-state index in [0.717, 1.165) is 16.5 Å². The maximum absolute atomic E-state index is 13.5. The molecule has 0 aliphatic heterocycles. The number of benzene rings is 2. The Hall–Kier alpha value is -3.15. The molecule has 0 spiro atoms. The molecule has 0 aliphatic rings. The standard InChI is InChI=1S/C19H18FN3O2/c20-16-7-3-1-6-15(16)19(25)23-12-18(24)21-10-9-13-11-22-17-8-4-2-5-14(13)17/h1-8,11,22H,9-10,12H2,(H,21,24)(H,23,25). The third-order valence-electron chi connectivity index (χ3n) is 3.92. The Labute approximate surface area is 144 Å². The summed E-state index contributed by atoms with van der Waals surface area (Å²) in [5, 5.41) is 6.29. The van der Waals surface area contributed by atoms with Gasteiger partial charge in [0, 0.05) is 23.6 Å². The minimum absolute atomic E-state index is 0.0749. The summed E-state index contributed by atoms with van der Waals surface area (Å²) < 4.78 is 13.5. The highest BCUT2D eigenvalue weighted by molar-refractivity contribution is 5.96. The van der Waals surface area contributed by atoms with Gasteiger partial charge in [0.05, 0.1) is 12.1 Å². The number of nitrogens with one attached hydrogen (secondary N) is 3. The van der Waals surface area contributed by atoms with Crippen molar-refractivity contribution >= 4 is 22.7 Å². The maximum Gasteiger partial charge on any atom is 0.254 e. The molecule has 0 atom stereocenters. The molecule has 2 amide bonds. The zero-order chi connectivity index (χ0) is 17.6. The highest BCUT2D eigenvalue weighted by atomic mass is 19.1. The van der Waals surface area contributed by atoms with Crippen LogP contribution in [0.1, 0.15) is 15.9 Å². The van der Waals surface area contributed by atoms with E-state index in [1.807, 2.05) is 30.5 Å². The molecule has 3 rings (SSSR count). The van der Waals surface area contributed by atoms with Crippen molar-refractivity contribution in [2.45, 2.75) is 6.42 Å². The molecule has 5 nitrogen and oxygen atoms in total. The van der Waals surface area contributed by atoms with E-state index in [-0.39, 0.29) is 18.0 Å². The van der Waals surface area contributed by atoms with E-state index in [2.05, 4.69) is 15.6 Å². The second kappa shape index (κ2) is 7.61. The van der Waals surface area contributed by atoms with Crippen LogP contribution in [0, 0.1) is 5.82 Å². The quantitative estimate of drug-likeness (QED) is 0.645. The zero-order valence-corrected chi connectivity index (χ0v) is 13.5. The van der Waals surface area contributed by atoms with Crippen molar-refractivity contribution in [1.82, 2.24) is 15.6 Å². The summed E-state index contributed by atoms with van der Waals surface area (Å²) in [5.74, 6) is -1.53. The number of fused-ring (bicyclic) bond motifs is 1. The first-order valence-electron chi connectivity index (χ1n) is 7.99. The highest BCUT2D eigenvalue weighted by Gasteiger charge is 2.12. The number of amides is 2. The number of para-hydroxylation sites is 1. The van der Waals surface area contributed by atoms with Gasteiger partial charge in [0.1, 0.15) is 5.82 Å². The first-order valence-corrected chi connectivity index (χ1v) is 7.99. The van der Waals surface area contributed by atoms with Crippen LogP contribution in [-0.4, -0.2) is 29.9 Å². The number of aromatic amines is 1. The Balaban J connectivity index is 1.45. The summed E-state index contributed by atoms with van der Waals surface area (Å²) in [6.45, 7) is 0.261. The maximum atomic E-state index is 13.5. The molecule has 0 unspecified atom stereocenters. The lowest BCUT2D eigenvalue weighted by atomic mass is 10.1. The van der Waals surface area contributed by atoms with Crippen LogP contribution in [0.4, 0.5) is 4.39 Å². The zero-order valence-electron chi connectivity index (χ0n) is 13.5. The lowest BCUT2D eigenvalue weighted by molar-refractivity contribution is -0.120. The van der Waals surface area contributed by atoms with Gasteiger partial charge in [0.15, 0.2) is 0 Å². The summed E-state index contributed by atoms with van der Waals surface area (Å²) in [6.07, 6.45) is 2.60. The van der Waals surface area contributed by atoms with E-state index >= 15 is 0 Å². The lowest BCUT2D eigenvalue weighted by Gasteiger charge is -2.07. The van der Waals surface area contributed by atoms with E-state index in [9.17, 15) is 14.0 Å². The Morgan fingerprint density at radius 3 is 2.60 bits per heavy atom. The molecule has 0 fully saturated rings. The molecule has 0 radical (unpaired) electrons. The minimum atomic E-state index is -0.611. The average molecular weight is 339 g/mol. The van der Waals surface area contributed by atoms with E-state index < -0.39 is 11.7 Å². The van der Waals surface area contributed by atoms with Crippen molar-refractivity contribution in [3.05, 3.63) is 71.7 Å². The Bertz CT molecular complexity index is 904. The third kappa shape index (κ3) is 4.03. The number of H-pyrrole nitrogens is 1. The van der Waals surface area contributed by atoms with Crippen LogP contribution in [0.25, 0.3) is 10.9 Å². The molecule has 3 aromatic rings. The van der Waals surface area contributed by atoms with Crippen LogP contribution in [-0.2, 0) is 11.2 Å². The van der Waals surface area contributed by atoms with Crippen LogP contribution < -0.4 is 10.6 Å². The van der Waals surface area contributed by atoms with Crippen molar-refractivity contribution in [2.24, 2.45) is 0 Å². The lowest BCUT2D eigenvalue weighted by Crippen LogP contribution is -2.37. The van der Waals surface area contributed by atoms with Gasteiger partial charge in [-0.3, -0.25) is 9.59 Å². The van der Waals surface area contributed by atoms with Crippen molar-refractivity contribution < 1.29 is 14.0 Å². The van der Waals surface area contributed by atoms with E-state index in [4.69, 9.17) is 0 Å². The van der Waals surface area contributed by atoms with Gasteiger partial charge >= 0.3 is 0 Å². The molecular weight excluding hydrogens is 321 g/mol. The number of carbonyl (C=O) groups excluding carboxylic acids is 2. The normalized spacial score (nSPS) is 10.6. The van der Waals surface area contributed by atoms with Gasteiger partial charge < -0.3 is 15.6 Å². The fourth-order valence-corrected chi connectivity index (χ4v) is 2.64. The second-order valence-electron chi connectivity index (χ2n) is 5.62. The number of rotatable bonds is 6. The molecule has 3 N–H and O–H groups in total. The van der Waals surface area contributed by atoms with E-state index in [1.165, 1.54) is 18.2 Å². The molecule has 6 heteroatoms. The van der Waals surface area contributed by atoms with Crippen molar-refractivity contribution in [3.63, 3.8) is 0 Å².